The van der Waals surface area contributed by atoms with Gasteiger partial charge in [0.15, 0.2) is 0 Å². The van der Waals surface area contributed by atoms with E-state index in [1.807, 2.05) is 0 Å². The van der Waals surface area contributed by atoms with E-state index in [1.54, 1.807) is 12.1 Å². The Hall–Kier alpha value is -1.28. The molecule has 9 heteroatoms. The fourth-order valence-electron chi connectivity index (χ4n) is 1.65. The summed E-state index contributed by atoms with van der Waals surface area (Å²) in [4.78, 5) is 10.7. The van der Waals surface area contributed by atoms with Gasteiger partial charge in [0.05, 0.1) is 16.4 Å². The Morgan fingerprint density at radius 1 is 1.29 bits per heavy atom. The number of hydrogen-bond donors (Lipinski definition) is 2. The van der Waals surface area contributed by atoms with Gasteiger partial charge < -0.3 is 5.11 Å². The second kappa shape index (κ2) is 6.23. The monoisotopic (exact) mass is 365 g/mol. The van der Waals surface area contributed by atoms with Crippen LogP contribution in [-0.4, -0.2) is 19.5 Å². The molecule has 0 spiro atoms. The van der Waals surface area contributed by atoms with Crippen molar-refractivity contribution in [3.05, 3.63) is 44.6 Å². The van der Waals surface area contributed by atoms with Gasteiger partial charge in [-0.05, 0) is 17.7 Å². The highest BCUT2D eigenvalue weighted by Gasteiger charge is 2.22. The zero-order valence-corrected chi connectivity index (χ0v) is 13.5. The average Bonchev–Trinajstić information content (AvgIpc) is 2.71. The fraction of sp³-hybridized carbons (Fsp3) is 0.0833. The highest BCUT2D eigenvalue weighted by molar-refractivity contribution is 7.93. The van der Waals surface area contributed by atoms with Crippen LogP contribution < -0.4 is 4.72 Å². The van der Waals surface area contributed by atoms with Crippen LogP contribution in [0.25, 0.3) is 0 Å². The number of nitrogens with one attached hydrogen (secondary N) is 1. The lowest BCUT2D eigenvalue weighted by molar-refractivity contribution is -0.136. The molecule has 2 aromatic rings. The summed E-state index contributed by atoms with van der Waals surface area (Å²) in [5.41, 5.74) is 0.546. The number of rotatable bonds is 5. The SMILES string of the molecule is O=C(O)Cc1ccccc1NS(=O)(=O)c1cc(Cl)sc1Cl. The largest absolute Gasteiger partial charge is 0.481 e. The van der Waals surface area contributed by atoms with Crippen LogP contribution in [0, 0.1) is 0 Å². The smallest absolute Gasteiger partial charge is 0.307 e. The number of hydrogen-bond acceptors (Lipinski definition) is 4. The molecule has 0 atom stereocenters. The molecule has 1 aromatic carbocycles. The van der Waals surface area contributed by atoms with Crippen molar-refractivity contribution in [1.29, 1.82) is 0 Å². The first-order valence-corrected chi connectivity index (χ1v) is 8.62. The van der Waals surface area contributed by atoms with Crippen molar-refractivity contribution in [1.82, 2.24) is 0 Å². The topological polar surface area (TPSA) is 83.5 Å². The number of sulfonamides is 1. The van der Waals surface area contributed by atoms with E-state index >= 15 is 0 Å². The van der Waals surface area contributed by atoms with E-state index in [0.717, 1.165) is 11.3 Å². The summed E-state index contributed by atoms with van der Waals surface area (Å²) in [5, 5.41) is 8.84. The Kier molecular flexibility index (Phi) is 4.77. The molecule has 2 N–H and O–H groups in total. The Bertz CT molecular complexity index is 786. The first kappa shape index (κ1) is 16.1. The van der Waals surface area contributed by atoms with Crippen LogP contribution in [0.2, 0.25) is 8.67 Å². The molecule has 0 fully saturated rings. The molecular weight excluding hydrogens is 357 g/mol. The quantitative estimate of drug-likeness (QED) is 0.849. The fourth-order valence-corrected chi connectivity index (χ4v) is 4.90. The summed E-state index contributed by atoms with van der Waals surface area (Å²) in [6.07, 6.45) is -0.295. The molecule has 5 nitrogen and oxygen atoms in total. The lowest BCUT2D eigenvalue weighted by Crippen LogP contribution is -2.15. The summed E-state index contributed by atoms with van der Waals surface area (Å²) in [6.45, 7) is 0. The van der Waals surface area contributed by atoms with Crippen molar-refractivity contribution in [2.75, 3.05) is 4.72 Å². The first-order chi connectivity index (χ1) is 9.79. The molecule has 0 saturated heterocycles. The molecule has 21 heavy (non-hydrogen) atoms. The molecule has 1 heterocycles. The predicted molar refractivity (Wildman–Crippen MR) is 82.9 cm³/mol. The molecular formula is C12H9Cl2NO4S2. The number of halogens is 2. The Balaban J connectivity index is 2.37. The molecule has 0 bridgehead atoms. The number of aliphatic carboxylic acids is 1. The molecule has 0 aliphatic carbocycles. The van der Waals surface area contributed by atoms with Gasteiger partial charge in [-0.15, -0.1) is 11.3 Å². The number of carbonyl (C=O) groups is 1. The summed E-state index contributed by atoms with van der Waals surface area (Å²) in [7, 11) is -3.93. The van der Waals surface area contributed by atoms with Gasteiger partial charge >= 0.3 is 5.97 Å². The van der Waals surface area contributed by atoms with Crippen LogP contribution in [0.5, 0.6) is 0 Å². The Labute approximate surface area is 135 Å². The van der Waals surface area contributed by atoms with Crippen molar-refractivity contribution in [2.24, 2.45) is 0 Å². The van der Waals surface area contributed by atoms with Crippen LogP contribution in [0.15, 0.2) is 35.2 Å². The minimum atomic E-state index is -3.93. The minimum Gasteiger partial charge on any atom is -0.481 e. The zero-order valence-electron chi connectivity index (χ0n) is 10.3. The lowest BCUT2D eigenvalue weighted by atomic mass is 10.1. The number of para-hydroxylation sites is 1. The van der Waals surface area contributed by atoms with E-state index in [4.69, 9.17) is 28.3 Å². The van der Waals surface area contributed by atoms with E-state index in [2.05, 4.69) is 4.72 Å². The number of carboxylic acid groups (broad SMARTS) is 1. The molecule has 112 valence electrons. The number of anilines is 1. The second-order valence-corrected chi connectivity index (χ2v) is 7.96. The molecule has 0 aliphatic rings. The minimum absolute atomic E-state index is 0.0446. The maximum atomic E-state index is 12.3. The van der Waals surface area contributed by atoms with Crippen LogP contribution >= 0.6 is 34.5 Å². The molecule has 2 rings (SSSR count). The van der Waals surface area contributed by atoms with Gasteiger partial charge in [0.1, 0.15) is 9.23 Å². The van der Waals surface area contributed by atoms with E-state index in [9.17, 15) is 13.2 Å². The van der Waals surface area contributed by atoms with Crippen molar-refractivity contribution in [3.8, 4) is 0 Å². The maximum absolute atomic E-state index is 12.3. The Morgan fingerprint density at radius 3 is 2.52 bits per heavy atom. The van der Waals surface area contributed by atoms with Gasteiger partial charge in [-0.1, -0.05) is 41.4 Å². The summed E-state index contributed by atoms with van der Waals surface area (Å²) < 4.78 is 27.2. The van der Waals surface area contributed by atoms with Crippen LogP contribution in [0.1, 0.15) is 5.56 Å². The van der Waals surface area contributed by atoms with Gasteiger partial charge in [-0.2, -0.15) is 0 Å². The molecule has 0 amide bonds. The standard InChI is InChI=1S/C12H9Cl2NO4S2/c13-10-6-9(12(14)20-10)21(18,19)15-8-4-2-1-3-7(8)5-11(16)17/h1-4,6,15H,5H2,(H,16,17). The number of benzene rings is 1. The molecule has 0 unspecified atom stereocenters. The van der Waals surface area contributed by atoms with Crippen molar-refractivity contribution in [2.45, 2.75) is 11.3 Å². The predicted octanol–water partition coefficient (Wildman–Crippen LogP) is 3.48. The van der Waals surface area contributed by atoms with E-state index in [1.165, 1.54) is 18.2 Å². The first-order valence-electron chi connectivity index (χ1n) is 5.57. The van der Waals surface area contributed by atoms with Crippen molar-refractivity contribution < 1.29 is 18.3 Å². The Morgan fingerprint density at radius 2 is 1.95 bits per heavy atom. The van der Waals surface area contributed by atoms with Gasteiger partial charge in [0.25, 0.3) is 10.0 Å². The van der Waals surface area contributed by atoms with Crippen LogP contribution in [0.3, 0.4) is 0 Å². The maximum Gasteiger partial charge on any atom is 0.307 e. The van der Waals surface area contributed by atoms with Crippen molar-refractivity contribution >= 4 is 56.2 Å². The van der Waals surface area contributed by atoms with E-state index in [-0.39, 0.29) is 25.7 Å². The third kappa shape index (κ3) is 3.88. The summed E-state index contributed by atoms with van der Waals surface area (Å²) >= 11 is 12.5. The zero-order chi connectivity index (χ0) is 15.6. The second-order valence-electron chi connectivity index (χ2n) is 4.02. The summed E-state index contributed by atoms with van der Waals surface area (Å²) in [6, 6.07) is 7.50. The average molecular weight is 366 g/mol. The van der Waals surface area contributed by atoms with Gasteiger partial charge in [0.2, 0.25) is 0 Å². The summed E-state index contributed by atoms with van der Waals surface area (Å²) in [5.74, 6) is -1.06. The van der Waals surface area contributed by atoms with E-state index < -0.39 is 16.0 Å². The van der Waals surface area contributed by atoms with Crippen LogP contribution in [0.4, 0.5) is 5.69 Å². The van der Waals surface area contributed by atoms with Gasteiger partial charge in [0, 0.05) is 0 Å². The highest BCUT2D eigenvalue weighted by Crippen LogP contribution is 2.35. The molecule has 0 saturated carbocycles. The number of thiophene rings is 1. The highest BCUT2D eigenvalue weighted by atomic mass is 35.5. The molecule has 0 aliphatic heterocycles. The van der Waals surface area contributed by atoms with E-state index in [0.29, 0.717) is 5.56 Å². The third-order valence-electron chi connectivity index (χ3n) is 2.52. The van der Waals surface area contributed by atoms with Crippen LogP contribution in [-0.2, 0) is 21.2 Å². The molecule has 0 radical (unpaired) electrons. The lowest BCUT2D eigenvalue weighted by Gasteiger charge is -2.11. The van der Waals surface area contributed by atoms with Gasteiger partial charge in [-0.3, -0.25) is 9.52 Å². The molecule has 1 aromatic heterocycles. The van der Waals surface area contributed by atoms with Gasteiger partial charge in [-0.25, -0.2) is 8.42 Å². The van der Waals surface area contributed by atoms with Crippen molar-refractivity contribution in [3.63, 3.8) is 0 Å². The normalized spacial score (nSPS) is 11.3. The third-order valence-corrected chi connectivity index (χ3v) is 5.64. The number of carboxylic acids is 1.